The van der Waals surface area contributed by atoms with Crippen LogP contribution in [-0.4, -0.2) is 30.1 Å². The van der Waals surface area contributed by atoms with Crippen LogP contribution in [0.4, 0.5) is 5.69 Å². The number of halogens is 1. The fraction of sp³-hybridized carbons (Fsp3) is 0.333. The number of hydrogen-bond acceptors (Lipinski definition) is 5. The van der Waals surface area contributed by atoms with Crippen molar-refractivity contribution >= 4 is 29.9 Å². The molecule has 8 heteroatoms. The number of carbonyl (C=O) groups is 1. The molecule has 0 fully saturated rings. The summed E-state index contributed by atoms with van der Waals surface area (Å²) in [4.78, 5) is 11.9. The van der Waals surface area contributed by atoms with E-state index in [9.17, 15) is 9.90 Å². The SMILES string of the molecule is CCOc1cc(OCC(C)C)cc(C(Nc2ccc(C(=N)N)cc2)C(=O)O)c1.Cl. The quantitative estimate of drug-likeness (QED) is 0.339. The van der Waals surface area contributed by atoms with Gasteiger partial charge in [-0.3, -0.25) is 5.41 Å². The fourth-order valence-electron chi connectivity index (χ4n) is 2.56. The lowest BCUT2D eigenvalue weighted by atomic mass is 10.0. The monoisotopic (exact) mass is 421 g/mol. The Bertz CT molecular complexity index is 825. The fourth-order valence-corrected chi connectivity index (χ4v) is 2.56. The zero-order chi connectivity index (χ0) is 20.7. The predicted octanol–water partition coefficient (Wildman–Crippen LogP) is 4.06. The van der Waals surface area contributed by atoms with E-state index in [-0.39, 0.29) is 18.2 Å². The van der Waals surface area contributed by atoms with Gasteiger partial charge in [0.1, 0.15) is 17.3 Å². The topological polar surface area (TPSA) is 118 Å². The van der Waals surface area contributed by atoms with Gasteiger partial charge >= 0.3 is 5.97 Å². The minimum atomic E-state index is -1.03. The molecule has 2 rings (SSSR count). The smallest absolute Gasteiger partial charge is 0.330 e. The summed E-state index contributed by atoms with van der Waals surface area (Å²) >= 11 is 0. The maximum Gasteiger partial charge on any atom is 0.330 e. The molecule has 5 N–H and O–H groups in total. The van der Waals surface area contributed by atoms with Gasteiger partial charge in [-0.15, -0.1) is 12.4 Å². The molecule has 0 aliphatic heterocycles. The standard InChI is InChI=1S/C21H27N3O4.ClH/c1-4-27-17-9-15(10-18(11-17)28-12-13(2)3)19(21(25)26)24-16-7-5-14(6-8-16)20(22)23;/h5-11,13,19,24H,4,12H2,1-3H3,(H3,22,23)(H,25,26);1H. The molecule has 29 heavy (non-hydrogen) atoms. The number of benzene rings is 2. The van der Waals surface area contributed by atoms with Gasteiger partial charge < -0.3 is 25.6 Å². The van der Waals surface area contributed by atoms with E-state index < -0.39 is 12.0 Å². The normalized spacial score (nSPS) is 11.3. The van der Waals surface area contributed by atoms with Gasteiger partial charge in [0.25, 0.3) is 0 Å². The van der Waals surface area contributed by atoms with Crippen LogP contribution in [-0.2, 0) is 4.79 Å². The van der Waals surface area contributed by atoms with E-state index >= 15 is 0 Å². The molecule has 0 bridgehead atoms. The number of aliphatic carboxylic acids is 1. The molecule has 2 aromatic carbocycles. The molecule has 1 unspecified atom stereocenters. The van der Waals surface area contributed by atoms with Gasteiger partial charge in [-0.25, -0.2) is 4.79 Å². The first kappa shape index (κ1) is 24.1. The highest BCUT2D eigenvalue weighted by atomic mass is 35.5. The Labute approximate surface area is 177 Å². The Hall–Kier alpha value is -2.93. The maximum atomic E-state index is 11.9. The zero-order valence-electron chi connectivity index (χ0n) is 16.8. The van der Waals surface area contributed by atoms with Crippen LogP contribution < -0.4 is 20.5 Å². The molecule has 0 aliphatic carbocycles. The third-order valence-electron chi connectivity index (χ3n) is 3.88. The summed E-state index contributed by atoms with van der Waals surface area (Å²) < 4.78 is 11.4. The number of nitrogen functional groups attached to an aromatic ring is 1. The number of carboxylic acid groups (broad SMARTS) is 1. The van der Waals surface area contributed by atoms with E-state index in [0.29, 0.717) is 47.4 Å². The molecule has 1 atom stereocenters. The van der Waals surface area contributed by atoms with Crippen molar-refractivity contribution in [3.63, 3.8) is 0 Å². The molecular formula is C21H28ClN3O4. The van der Waals surface area contributed by atoms with Crippen molar-refractivity contribution < 1.29 is 19.4 Å². The van der Waals surface area contributed by atoms with Crippen LogP contribution in [0.25, 0.3) is 0 Å². The first-order chi connectivity index (χ1) is 13.3. The van der Waals surface area contributed by atoms with Gasteiger partial charge in [0.15, 0.2) is 6.04 Å². The van der Waals surface area contributed by atoms with Gasteiger partial charge in [0.05, 0.1) is 13.2 Å². The molecule has 2 aromatic rings. The summed E-state index contributed by atoms with van der Waals surface area (Å²) in [6.07, 6.45) is 0. The van der Waals surface area contributed by atoms with Crippen molar-refractivity contribution in [3.8, 4) is 11.5 Å². The van der Waals surface area contributed by atoms with Crippen molar-refractivity contribution in [2.75, 3.05) is 18.5 Å². The summed E-state index contributed by atoms with van der Waals surface area (Å²) in [6, 6.07) is 10.9. The number of carboxylic acids is 1. The lowest BCUT2D eigenvalue weighted by molar-refractivity contribution is -0.138. The van der Waals surface area contributed by atoms with Crippen LogP contribution in [0.2, 0.25) is 0 Å². The number of nitrogens with one attached hydrogen (secondary N) is 2. The minimum Gasteiger partial charge on any atom is -0.494 e. The Morgan fingerprint density at radius 1 is 1.14 bits per heavy atom. The Kier molecular flexibility index (Phi) is 9.28. The van der Waals surface area contributed by atoms with Crippen molar-refractivity contribution in [1.29, 1.82) is 5.41 Å². The largest absolute Gasteiger partial charge is 0.494 e. The summed E-state index contributed by atoms with van der Waals surface area (Å²) in [6.45, 7) is 6.93. The second-order valence-electron chi connectivity index (χ2n) is 6.78. The molecule has 0 saturated carbocycles. The predicted molar refractivity (Wildman–Crippen MR) is 117 cm³/mol. The summed E-state index contributed by atoms with van der Waals surface area (Å²) in [7, 11) is 0. The number of amidine groups is 1. The molecule has 0 aliphatic rings. The molecule has 0 radical (unpaired) electrons. The third kappa shape index (κ3) is 7.19. The van der Waals surface area contributed by atoms with Crippen LogP contribution in [0.1, 0.15) is 37.9 Å². The van der Waals surface area contributed by atoms with E-state index in [1.54, 1.807) is 42.5 Å². The van der Waals surface area contributed by atoms with E-state index in [1.165, 1.54) is 0 Å². The average molecular weight is 422 g/mol. The summed E-state index contributed by atoms with van der Waals surface area (Å²) in [5, 5.41) is 20.2. The van der Waals surface area contributed by atoms with Crippen LogP contribution >= 0.6 is 12.4 Å². The highest BCUT2D eigenvalue weighted by Crippen LogP contribution is 2.29. The Morgan fingerprint density at radius 3 is 2.21 bits per heavy atom. The van der Waals surface area contributed by atoms with Crippen molar-refractivity contribution in [2.24, 2.45) is 11.7 Å². The highest BCUT2D eigenvalue weighted by molar-refractivity contribution is 5.95. The minimum absolute atomic E-state index is 0. The first-order valence-electron chi connectivity index (χ1n) is 9.14. The second-order valence-corrected chi connectivity index (χ2v) is 6.78. The second kappa shape index (κ2) is 11.2. The Morgan fingerprint density at radius 2 is 1.72 bits per heavy atom. The lowest BCUT2D eigenvalue weighted by Crippen LogP contribution is -2.21. The summed E-state index contributed by atoms with van der Waals surface area (Å²) in [5.74, 6) is 0.387. The third-order valence-corrected chi connectivity index (χ3v) is 3.88. The highest BCUT2D eigenvalue weighted by Gasteiger charge is 2.22. The van der Waals surface area contributed by atoms with Gasteiger partial charge in [-0.1, -0.05) is 13.8 Å². The number of hydrogen-bond donors (Lipinski definition) is 4. The molecule has 158 valence electrons. The van der Waals surface area contributed by atoms with Gasteiger partial charge in [0.2, 0.25) is 0 Å². The van der Waals surface area contributed by atoms with Crippen molar-refractivity contribution in [1.82, 2.24) is 0 Å². The molecular weight excluding hydrogens is 394 g/mol. The number of anilines is 1. The van der Waals surface area contributed by atoms with Gasteiger partial charge in [0, 0.05) is 17.3 Å². The zero-order valence-corrected chi connectivity index (χ0v) is 17.6. The van der Waals surface area contributed by atoms with Crippen molar-refractivity contribution in [3.05, 3.63) is 53.6 Å². The molecule has 0 aromatic heterocycles. The molecule has 0 heterocycles. The molecule has 0 spiro atoms. The Balaban J connectivity index is 0.00000420. The van der Waals surface area contributed by atoms with Crippen LogP contribution in [0.5, 0.6) is 11.5 Å². The van der Waals surface area contributed by atoms with Gasteiger partial charge in [-0.2, -0.15) is 0 Å². The first-order valence-corrected chi connectivity index (χ1v) is 9.14. The molecule has 7 nitrogen and oxygen atoms in total. The number of rotatable bonds is 10. The van der Waals surface area contributed by atoms with E-state index in [2.05, 4.69) is 5.32 Å². The average Bonchev–Trinajstić information content (AvgIpc) is 2.64. The van der Waals surface area contributed by atoms with Gasteiger partial charge in [-0.05, 0) is 54.8 Å². The van der Waals surface area contributed by atoms with E-state index in [4.69, 9.17) is 20.6 Å². The number of ether oxygens (including phenoxy) is 2. The van der Waals surface area contributed by atoms with E-state index in [1.807, 2.05) is 20.8 Å². The van der Waals surface area contributed by atoms with Crippen LogP contribution in [0.3, 0.4) is 0 Å². The molecule has 0 amide bonds. The van der Waals surface area contributed by atoms with Crippen LogP contribution in [0.15, 0.2) is 42.5 Å². The molecule has 0 saturated heterocycles. The van der Waals surface area contributed by atoms with Crippen molar-refractivity contribution in [2.45, 2.75) is 26.8 Å². The van der Waals surface area contributed by atoms with Crippen LogP contribution in [0, 0.1) is 11.3 Å². The van der Waals surface area contributed by atoms with E-state index in [0.717, 1.165) is 0 Å². The maximum absolute atomic E-state index is 11.9. The number of nitrogens with two attached hydrogens (primary N) is 1. The lowest BCUT2D eigenvalue weighted by Gasteiger charge is -2.19. The summed E-state index contributed by atoms with van der Waals surface area (Å²) in [5.41, 5.74) is 7.15.